The van der Waals surface area contributed by atoms with Gasteiger partial charge < -0.3 is 14.2 Å². The van der Waals surface area contributed by atoms with Gasteiger partial charge in [0.1, 0.15) is 11.2 Å². The summed E-state index contributed by atoms with van der Waals surface area (Å²) >= 11 is 5.67. The molecule has 0 aliphatic heterocycles. The van der Waals surface area contributed by atoms with Crippen LogP contribution in [0.3, 0.4) is 0 Å². The van der Waals surface area contributed by atoms with E-state index in [1.165, 1.54) is 203 Å². The molecule has 624 valence electrons. The Morgan fingerprint density at radius 1 is 0.164 bits per heavy atom. The second-order valence-electron chi connectivity index (χ2n) is 35.0. The van der Waals surface area contributed by atoms with Crippen LogP contribution in [0.15, 0.2) is 478 Å². The molecule has 28 aromatic rings. The van der Waals surface area contributed by atoms with Crippen LogP contribution in [0.1, 0.15) is 0 Å². The first-order valence-electron chi connectivity index (χ1n) is 45.8. The number of rotatable bonds is 12. The molecule has 134 heavy (non-hydrogen) atoms. The van der Waals surface area contributed by atoms with Crippen LogP contribution in [0.2, 0.25) is 0 Å². The first kappa shape index (κ1) is 77.4. The van der Waals surface area contributed by atoms with Crippen molar-refractivity contribution in [2.24, 2.45) is 0 Å². The van der Waals surface area contributed by atoms with Crippen molar-refractivity contribution in [2.45, 2.75) is 0 Å². The molecule has 0 saturated carbocycles. The lowest BCUT2D eigenvalue weighted by atomic mass is 9.92. The average Bonchev–Trinajstić information content (AvgIpc) is 1.23. The van der Waals surface area contributed by atoms with Crippen molar-refractivity contribution in [1.82, 2.24) is 0 Å². The second kappa shape index (κ2) is 31.6. The van der Waals surface area contributed by atoms with Gasteiger partial charge in [0.15, 0.2) is 0 Å². The summed E-state index contributed by atoms with van der Waals surface area (Å²) in [6.07, 6.45) is 0. The summed E-state index contributed by atoms with van der Waals surface area (Å²) in [4.78, 5) is 4.92. The summed E-state index contributed by atoms with van der Waals surface area (Å²) in [5, 5.41) is 30.0. The van der Waals surface area contributed by atoms with Crippen molar-refractivity contribution in [2.75, 3.05) is 9.80 Å². The average molecular weight is 1760 g/mol. The van der Waals surface area contributed by atoms with Crippen molar-refractivity contribution in [3.05, 3.63) is 473 Å². The highest BCUT2D eigenvalue weighted by atomic mass is 32.1. The fourth-order valence-electron chi connectivity index (χ4n) is 21.5. The number of thiophene rings is 3. The van der Waals surface area contributed by atoms with Crippen LogP contribution in [0.5, 0.6) is 0 Å². The van der Waals surface area contributed by atoms with Gasteiger partial charge in [-0.15, -0.1) is 34.0 Å². The summed E-state index contributed by atoms with van der Waals surface area (Å²) in [5.74, 6) is 0. The molecular formula is C128H78N2OS3. The number of hydrogen-bond acceptors (Lipinski definition) is 6. The standard InChI is InChI=1S/C64H39NOS.C64H39NS2/c1-4-16-49-40(12-1)15-11-22-50(49)42-24-31-46(32-25-42)65(47-33-26-43(27-34-47)56-39-58-54-20-9-10-23-59(54)66-63(58)55-21-8-7-19-53(55)56)48-35-28-44(29-36-48)57-38-45-14-3-6-18-52(45)62-61-51-17-5-2-13-41(51)30-37-60(61)67-64(57)62;1-2-15-40(16-3-1)43-31-34-57(50-22-9-6-19-46(43)50)65(59-36-33-49(48-21-8-11-24-52(48)59)54-26-14-27-55-53-25-12-13-28-60(53)67-64(54)55)58-35-32-44(47-20-7-10-23-51(47)58)42-30-37-61-56(39-42)63-45-18-5-4-17-41(45)29-38-62(63)66-61/h2*1-39H. The smallest absolute Gasteiger partial charge is 0.143 e. The van der Waals surface area contributed by atoms with E-state index in [2.05, 4.69) is 477 Å². The molecule has 0 N–H and O–H groups in total. The lowest BCUT2D eigenvalue weighted by molar-refractivity contribution is 0.672. The molecule has 6 heteroatoms. The second-order valence-corrected chi connectivity index (χ2v) is 38.2. The minimum atomic E-state index is 0.908. The van der Waals surface area contributed by atoms with Gasteiger partial charge in [0.05, 0.1) is 17.1 Å². The fraction of sp³-hybridized carbons (Fsp3) is 0. The molecule has 28 rings (SSSR count). The first-order chi connectivity index (χ1) is 66.5. The van der Waals surface area contributed by atoms with Gasteiger partial charge >= 0.3 is 0 Å². The SMILES string of the molecule is c1ccc(-c2ccc(N(c3ccc(-c4ccc5sc6ccc7ccccc7c6c5c4)c4ccccc34)c3ccc(-c4cccc5c4sc4ccccc45)c4ccccc34)c3ccccc23)cc1.c1ccc2c(-c3ccc(N(c4ccc(-c5cc6c7ccccc7oc6c6ccccc56)cc4)c4ccc(-c5cc6ccccc6c6c5sc5ccc7ccccc7c56)cc4)cc3)cccc2c1. The number of para-hydroxylation sites is 1. The maximum absolute atomic E-state index is 6.46. The summed E-state index contributed by atoms with van der Waals surface area (Å²) in [6.45, 7) is 0. The minimum Gasteiger partial charge on any atom is -0.455 e. The lowest BCUT2D eigenvalue weighted by Crippen LogP contribution is -2.12. The van der Waals surface area contributed by atoms with Gasteiger partial charge in [0.25, 0.3) is 0 Å². The molecule has 0 aliphatic carbocycles. The first-order valence-corrected chi connectivity index (χ1v) is 48.3. The fourth-order valence-corrected chi connectivity index (χ4v) is 25.1. The largest absolute Gasteiger partial charge is 0.455 e. The number of benzene rings is 24. The van der Waals surface area contributed by atoms with Crippen LogP contribution in [0.25, 0.3) is 235 Å². The van der Waals surface area contributed by atoms with E-state index in [4.69, 9.17) is 4.42 Å². The number of anilines is 6. The monoisotopic (exact) mass is 1750 g/mol. The molecular weight excluding hydrogens is 1680 g/mol. The Bertz CT molecular complexity index is 9650. The predicted molar refractivity (Wildman–Crippen MR) is 581 cm³/mol. The predicted octanol–water partition coefficient (Wildman–Crippen LogP) is 38.5. The minimum absolute atomic E-state index is 0.908. The van der Waals surface area contributed by atoms with E-state index in [1.807, 2.05) is 40.1 Å². The molecule has 0 spiro atoms. The Kier molecular flexibility index (Phi) is 18.3. The van der Waals surface area contributed by atoms with Crippen LogP contribution >= 0.6 is 34.0 Å². The summed E-state index contributed by atoms with van der Waals surface area (Å²) in [5.41, 5.74) is 23.1. The third kappa shape index (κ3) is 12.7. The van der Waals surface area contributed by atoms with Crippen LogP contribution in [-0.4, -0.2) is 0 Å². The molecule has 0 unspecified atom stereocenters. The van der Waals surface area contributed by atoms with E-state index < -0.39 is 0 Å². The van der Waals surface area contributed by atoms with E-state index >= 15 is 0 Å². The molecule has 0 amide bonds. The van der Waals surface area contributed by atoms with Crippen molar-refractivity contribution < 1.29 is 4.42 Å². The zero-order valence-corrected chi connectivity index (χ0v) is 75.0. The van der Waals surface area contributed by atoms with Crippen LogP contribution in [0.4, 0.5) is 34.1 Å². The Morgan fingerprint density at radius 3 is 1.19 bits per heavy atom. The molecule has 0 saturated heterocycles. The Balaban J connectivity index is 0.000000136. The van der Waals surface area contributed by atoms with Gasteiger partial charge in [0.2, 0.25) is 0 Å². The lowest BCUT2D eigenvalue weighted by Gasteiger charge is -2.30. The van der Waals surface area contributed by atoms with Crippen molar-refractivity contribution >= 4 is 237 Å². The summed E-state index contributed by atoms with van der Waals surface area (Å²) in [6, 6.07) is 174. The number of hydrogen-bond donors (Lipinski definition) is 0. The zero-order valence-electron chi connectivity index (χ0n) is 72.6. The van der Waals surface area contributed by atoms with Gasteiger partial charge in [0, 0.05) is 121 Å². The number of fused-ring (bicyclic) bond motifs is 24. The Morgan fingerprint density at radius 2 is 0.560 bits per heavy atom. The molecule has 0 bridgehead atoms. The number of nitrogens with zero attached hydrogens (tertiary/aromatic N) is 2. The highest BCUT2D eigenvalue weighted by Gasteiger charge is 2.27. The van der Waals surface area contributed by atoms with Crippen LogP contribution < -0.4 is 9.80 Å². The summed E-state index contributed by atoms with van der Waals surface area (Å²) in [7, 11) is 0. The summed E-state index contributed by atoms with van der Waals surface area (Å²) < 4.78 is 14.4. The quantitative estimate of drug-likeness (QED) is 0.122. The molecule has 0 radical (unpaired) electrons. The van der Waals surface area contributed by atoms with Crippen LogP contribution in [-0.2, 0) is 0 Å². The maximum atomic E-state index is 6.46. The Labute approximate surface area is 784 Å². The van der Waals surface area contributed by atoms with Gasteiger partial charge in [-0.1, -0.05) is 370 Å². The zero-order chi connectivity index (χ0) is 88.0. The van der Waals surface area contributed by atoms with E-state index in [1.54, 1.807) is 0 Å². The van der Waals surface area contributed by atoms with Crippen molar-refractivity contribution in [1.29, 1.82) is 0 Å². The highest BCUT2D eigenvalue weighted by Crippen LogP contribution is 2.54. The molecule has 4 aromatic heterocycles. The third-order valence-electron chi connectivity index (χ3n) is 27.7. The molecule has 0 atom stereocenters. The van der Waals surface area contributed by atoms with E-state index in [-0.39, 0.29) is 0 Å². The molecule has 0 aliphatic rings. The van der Waals surface area contributed by atoms with E-state index in [9.17, 15) is 0 Å². The normalized spacial score (nSPS) is 11.9. The highest BCUT2D eigenvalue weighted by molar-refractivity contribution is 7.27. The van der Waals surface area contributed by atoms with Crippen LogP contribution in [0, 0.1) is 0 Å². The van der Waals surface area contributed by atoms with Crippen molar-refractivity contribution in [3.8, 4) is 66.8 Å². The molecule has 0 fully saturated rings. The third-order valence-corrected chi connectivity index (χ3v) is 31.3. The van der Waals surface area contributed by atoms with E-state index in [0.29, 0.717) is 0 Å². The van der Waals surface area contributed by atoms with Gasteiger partial charge in [-0.25, -0.2) is 0 Å². The van der Waals surface area contributed by atoms with E-state index in [0.717, 1.165) is 67.0 Å². The van der Waals surface area contributed by atoms with Crippen molar-refractivity contribution in [3.63, 3.8) is 0 Å². The Hall–Kier alpha value is -16.6. The molecule has 4 heterocycles. The van der Waals surface area contributed by atoms with Gasteiger partial charge in [-0.3, -0.25) is 0 Å². The van der Waals surface area contributed by atoms with Gasteiger partial charge in [-0.05, 0) is 223 Å². The topological polar surface area (TPSA) is 19.6 Å². The molecule has 24 aromatic carbocycles. The van der Waals surface area contributed by atoms with Gasteiger partial charge in [-0.2, -0.15) is 0 Å². The maximum Gasteiger partial charge on any atom is 0.143 e. The molecule has 3 nitrogen and oxygen atoms in total. The number of furan rings is 1.